The smallest absolute Gasteiger partial charge is 0.237 e. The number of aliphatic imine (C=N–C) groups is 2. The summed E-state index contributed by atoms with van der Waals surface area (Å²) in [6.45, 7) is -0.516. The van der Waals surface area contributed by atoms with Crippen molar-refractivity contribution in [3.8, 4) is 0 Å². The van der Waals surface area contributed by atoms with E-state index in [2.05, 4.69) is 15.3 Å². The quantitative estimate of drug-likeness (QED) is 0.232. The zero-order chi connectivity index (χ0) is 14.0. The number of aliphatic hydroxyl groups excluding tert-OH is 2. The lowest BCUT2D eigenvalue weighted by atomic mass is 9.86. The lowest BCUT2D eigenvalue weighted by molar-refractivity contribution is -0.257. The summed E-state index contributed by atoms with van der Waals surface area (Å²) in [7, 11) is 0. The summed E-state index contributed by atoms with van der Waals surface area (Å²) in [4.78, 5) is 9.42. The number of aliphatic hydroxyl groups is 4. The summed E-state index contributed by atoms with van der Waals surface area (Å²) >= 11 is 0. The first-order valence-electron chi connectivity index (χ1n) is 5.80. The minimum absolute atomic E-state index is 0.0169. The highest BCUT2D eigenvalue weighted by Gasteiger charge is 2.72. The molecule has 0 bridgehead atoms. The third-order valence-corrected chi connectivity index (χ3v) is 3.96. The Morgan fingerprint density at radius 1 is 1.37 bits per heavy atom. The Balaban J connectivity index is 2.17. The number of rotatable bonds is 1. The van der Waals surface area contributed by atoms with Crippen molar-refractivity contribution in [1.82, 2.24) is 10.2 Å². The highest BCUT2D eigenvalue weighted by atomic mass is 16.5. The van der Waals surface area contributed by atoms with E-state index in [0.717, 1.165) is 0 Å². The topological polar surface area (TPSA) is 173 Å². The second-order valence-electron chi connectivity index (χ2n) is 4.94. The molecule has 0 aromatic carbocycles. The van der Waals surface area contributed by atoms with Gasteiger partial charge in [0.2, 0.25) is 5.79 Å². The van der Waals surface area contributed by atoms with Crippen LogP contribution in [0.5, 0.6) is 0 Å². The maximum absolute atomic E-state index is 10.2. The Labute approximate surface area is 108 Å². The first-order valence-corrected chi connectivity index (χ1v) is 5.80. The highest BCUT2D eigenvalue weighted by molar-refractivity contribution is 5.87. The molecule has 3 aliphatic heterocycles. The van der Waals surface area contributed by atoms with Gasteiger partial charge in [-0.1, -0.05) is 0 Å². The monoisotopic (exact) mass is 272 g/mol. The number of nitrogens with one attached hydrogen (secondary N) is 1. The first-order chi connectivity index (χ1) is 8.84. The van der Waals surface area contributed by atoms with Gasteiger partial charge in [0.1, 0.15) is 18.2 Å². The van der Waals surface area contributed by atoms with Gasteiger partial charge in [0.15, 0.2) is 17.6 Å². The zero-order valence-corrected chi connectivity index (χ0v) is 9.93. The van der Waals surface area contributed by atoms with E-state index in [9.17, 15) is 20.4 Å². The van der Waals surface area contributed by atoms with E-state index in [0.29, 0.717) is 0 Å². The molecule has 19 heavy (non-hydrogen) atoms. The minimum Gasteiger partial charge on any atom is -0.394 e. The van der Waals surface area contributed by atoms with Crippen molar-refractivity contribution in [2.45, 2.75) is 29.6 Å². The Bertz CT molecular complexity index is 479. The maximum atomic E-state index is 10.2. The number of nitrogens with two attached hydrogens (primary N) is 2. The fourth-order valence-electron chi connectivity index (χ4n) is 3.07. The summed E-state index contributed by atoms with van der Waals surface area (Å²) in [5.41, 5.74) is 9.76. The van der Waals surface area contributed by atoms with E-state index >= 15 is 0 Å². The third-order valence-electron chi connectivity index (χ3n) is 3.96. The number of nitrogens with zero attached hydrogens (tertiary/aromatic N) is 3. The van der Waals surface area contributed by atoms with Gasteiger partial charge in [-0.3, -0.25) is 0 Å². The van der Waals surface area contributed by atoms with Crippen molar-refractivity contribution in [3.63, 3.8) is 0 Å². The molecular weight excluding hydrogens is 256 g/mol. The lowest BCUT2D eigenvalue weighted by Gasteiger charge is -2.48. The Kier molecular flexibility index (Phi) is 2.27. The van der Waals surface area contributed by atoms with E-state index in [1.807, 2.05) is 0 Å². The number of hydrogen-bond donors (Lipinski definition) is 7. The molecule has 9 N–H and O–H groups in total. The molecule has 3 rings (SSSR count). The maximum Gasteiger partial charge on any atom is 0.237 e. The molecule has 4 unspecified atom stereocenters. The summed E-state index contributed by atoms with van der Waals surface area (Å²) in [6, 6.07) is -1.63. The van der Waals surface area contributed by atoms with Crippen LogP contribution in [-0.2, 0) is 0 Å². The van der Waals surface area contributed by atoms with Crippen LogP contribution in [0.4, 0.5) is 0 Å². The van der Waals surface area contributed by atoms with Crippen molar-refractivity contribution in [3.05, 3.63) is 0 Å². The van der Waals surface area contributed by atoms with Crippen molar-refractivity contribution in [1.29, 1.82) is 0 Å². The normalized spacial score (nSPS) is 43.2. The van der Waals surface area contributed by atoms with Gasteiger partial charge in [-0.2, -0.15) is 0 Å². The Morgan fingerprint density at radius 3 is 2.68 bits per heavy atom. The molecule has 1 spiro atoms. The zero-order valence-electron chi connectivity index (χ0n) is 9.93. The molecule has 0 aromatic heterocycles. The number of hydrogen-bond acceptors (Lipinski definition) is 10. The fourth-order valence-corrected chi connectivity index (χ4v) is 3.07. The summed E-state index contributed by atoms with van der Waals surface area (Å²) in [5, 5.41) is 42.4. The Hall–Kier alpha value is -1.62. The molecule has 0 aromatic rings. The van der Waals surface area contributed by atoms with Crippen LogP contribution in [0.15, 0.2) is 9.98 Å². The van der Waals surface area contributed by atoms with Crippen LogP contribution >= 0.6 is 0 Å². The van der Waals surface area contributed by atoms with E-state index < -0.39 is 29.6 Å². The van der Waals surface area contributed by atoms with E-state index in [4.69, 9.17) is 11.5 Å². The van der Waals surface area contributed by atoms with Gasteiger partial charge in [-0.25, -0.2) is 9.98 Å². The van der Waals surface area contributed by atoms with Crippen LogP contribution in [-0.4, -0.2) is 80.0 Å². The average Bonchev–Trinajstić information content (AvgIpc) is 2.78. The van der Waals surface area contributed by atoms with E-state index in [1.165, 1.54) is 4.90 Å². The summed E-state index contributed by atoms with van der Waals surface area (Å²) in [5.74, 6) is -2.58. The molecule has 3 aliphatic rings. The van der Waals surface area contributed by atoms with Gasteiger partial charge in [0.05, 0.1) is 13.2 Å². The molecule has 3 heterocycles. The van der Waals surface area contributed by atoms with Crippen LogP contribution < -0.4 is 16.8 Å². The summed E-state index contributed by atoms with van der Waals surface area (Å²) in [6.07, 6.45) is -1.48. The SMILES string of the molecule is NC1=NC2C(CO)N=C(N)N3CC(O)C(O)(O)C23N1. The first kappa shape index (κ1) is 12.4. The van der Waals surface area contributed by atoms with Crippen LogP contribution in [0, 0.1) is 0 Å². The van der Waals surface area contributed by atoms with Crippen molar-refractivity contribution < 1.29 is 20.4 Å². The van der Waals surface area contributed by atoms with Crippen LogP contribution in [0.1, 0.15) is 0 Å². The predicted octanol–water partition coefficient (Wildman–Crippen LogP) is -4.98. The Morgan fingerprint density at radius 2 is 2.05 bits per heavy atom. The molecule has 106 valence electrons. The van der Waals surface area contributed by atoms with Gasteiger partial charge in [0.25, 0.3) is 0 Å². The van der Waals surface area contributed by atoms with Crippen LogP contribution in [0.25, 0.3) is 0 Å². The lowest BCUT2D eigenvalue weighted by Crippen LogP contribution is -2.77. The van der Waals surface area contributed by atoms with Crippen molar-refractivity contribution in [2.24, 2.45) is 21.5 Å². The standard InChI is InChI=1S/C9H16N6O4/c10-6-13-5-3(2-16)12-7(11)15-1-4(17)9(18,19)8(5,15)14-6/h3-5,16-19H,1-2H2,(H2,11,12)(H3,10,13,14). The van der Waals surface area contributed by atoms with E-state index in [1.54, 1.807) is 0 Å². The fraction of sp³-hybridized carbons (Fsp3) is 0.778. The average molecular weight is 272 g/mol. The van der Waals surface area contributed by atoms with Crippen molar-refractivity contribution >= 4 is 11.9 Å². The predicted molar refractivity (Wildman–Crippen MR) is 63.7 cm³/mol. The van der Waals surface area contributed by atoms with Gasteiger partial charge < -0.3 is 42.1 Å². The molecular formula is C9H16N6O4. The minimum atomic E-state index is -2.53. The van der Waals surface area contributed by atoms with Crippen molar-refractivity contribution in [2.75, 3.05) is 13.2 Å². The largest absolute Gasteiger partial charge is 0.394 e. The van der Waals surface area contributed by atoms with Gasteiger partial charge in [-0.05, 0) is 0 Å². The van der Waals surface area contributed by atoms with Crippen LogP contribution in [0.2, 0.25) is 0 Å². The molecule has 10 heteroatoms. The highest BCUT2D eigenvalue weighted by Crippen LogP contribution is 2.44. The second-order valence-corrected chi connectivity index (χ2v) is 4.94. The van der Waals surface area contributed by atoms with Gasteiger partial charge in [-0.15, -0.1) is 0 Å². The molecule has 0 aliphatic carbocycles. The molecule has 1 saturated heterocycles. The molecule has 1 fully saturated rings. The molecule has 4 atom stereocenters. The molecule has 0 amide bonds. The third kappa shape index (κ3) is 1.23. The van der Waals surface area contributed by atoms with Gasteiger partial charge >= 0.3 is 0 Å². The van der Waals surface area contributed by atoms with E-state index in [-0.39, 0.29) is 25.1 Å². The number of guanidine groups is 2. The van der Waals surface area contributed by atoms with Crippen LogP contribution in [0.3, 0.4) is 0 Å². The molecule has 0 radical (unpaired) electrons. The second kappa shape index (κ2) is 3.48. The molecule has 0 saturated carbocycles. The van der Waals surface area contributed by atoms with Gasteiger partial charge in [0, 0.05) is 0 Å². The molecule has 10 nitrogen and oxygen atoms in total. The summed E-state index contributed by atoms with van der Waals surface area (Å²) < 4.78 is 0.